The third kappa shape index (κ3) is 3.38. The molecule has 8 heteroatoms. The molecule has 0 aromatic carbocycles. The van der Waals surface area contributed by atoms with E-state index >= 15 is 0 Å². The van der Waals surface area contributed by atoms with Gasteiger partial charge in [0.2, 0.25) is 5.88 Å². The van der Waals surface area contributed by atoms with E-state index in [1.165, 1.54) is 11.1 Å². The van der Waals surface area contributed by atoms with Crippen LogP contribution in [0.2, 0.25) is 0 Å². The van der Waals surface area contributed by atoms with Crippen LogP contribution in [0.5, 0.6) is 5.88 Å². The molecule has 2 heterocycles. The Labute approximate surface area is 129 Å². The van der Waals surface area contributed by atoms with Crippen molar-refractivity contribution in [3.63, 3.8) is 0 Å². The van der Waals surface area contributed by atoms with Crippen molar-refractivity contribution in [3.05, 3.63) is 23.9 Å². The number of carbonyl (C=O) groups excluding carboxylic acids is 1. The zero-order valence-corrected chi connectivity index (χ0v) is 13.4. The van der Waals surface area contributed by atoms with Gasteiger partial charge in [0.15, 0.2) is 9.84 Å². The number of aliphatic hydroxyl groups excluding tert-OH is 1. The Hall–Kier alpha value is -1.67. The van der Waals surface area contributed by atoms with E-state index in [0.29, 0.717) is 6.61 Å². The zero-order chi connectivity index (χ0) is 16.3. The summed E-state index contributed by atoms with van der Waals surface area (Å²) in [7, 11) is -3.33. The highest BCUT2D eigenvalue weighted by Gasteiger charge is 2.41. The summed E-state index contributed by atoms with van der Waals surface area (Å²) in [6.07, 6.45) is 0.452. The zero-order valence-electron chi connectivity index (χ0n) is 12.6. The van der Waals surface area contributed by atoms with E-state index in [9.17, 15) is 18.3 Å². The number of nitrogens with zero attached hydrogens (tertiary/aromatic N) is 2. The van der Waals surface area contributed by atoms with E-state index in [0.717, 1.165) is 0 Å². The van der Waals surface area contributed by atoms with Crippen LogP contribution in [0.3, 0.4) is 0 Å². The number of amides is 1. The first-order chi connectivity index (χ1) is 10.4. The fourth-order valence-corrected chi connectivity index (χ4v) is 4.40. The molecular weight excluding hydrogens is 308 g/mol. The molecule has 1 amide bonds. The first kappa shape index (κ1) is 16.7. The van der Waals surface area contributed by atoms with Gasteiger partial charge in [0, 0.05) is 12.7 Å². The Kier molecular flexibility index (Phi) is 5.02. The standard InChI is InChI=1S/C14H20N2O5S/c1-3-16(11-8-22(19,20)9-12(11)17)14(18)10-6-5-7-15-13(10)21-4-2/h5-7,11-12,17H,3-4,8-9H2,1-2H3/t11-,12-/m1/s1. The van der Waals surface area contributed by atoms with Crippen molar-refractivity contribution in [2.24, 2.45) is 0 Å². The van der Waals surface area contributed by atoms with E-state index in [1.54, 1.807) is 26.0 Å². The number of sulfone groups is 1. The lowest BCUT2D eigenvalue weighted by molar-refractivity contribution is 0.0516. The largest absolute Gasteiger partial charge is 0.477 e. The Balaban J connectivity index is 2.30. The second-order valence-electron chi connectivity index (χ2n) is 5.09. The lowest BCUT2D eigenvalue weighted by Crippen LogP contribution is -2.46. The first-order valence-electron chi connectivity index (χ1n) is 7.17. The summed E-state index contributed by atoms with van der Waals surface area (Å²) < 4.78 is 28.7. The van der Waals surface area contributed by atoms with Crippen LogP contribution >= 0.6 is 0 Å². The number of hydrogen-bond donors (Lipinski definition) is 1. The highest BCUT2D eigenvalue weighted by molar-refractivity contribution is 7.91. The lowest BCUT2D eigenvalue weighted by atomic mass is 10.1. The fourth-order valence-electron chi connectivity index (χ4n) is 2.60. The van der Waals surface area contributed by atoms with Gasteiger partial charge < -0.3 is 14.7 Å². The lowest BCUT2D eigenvalue weighted by Gasteiger charge is -2.29. The number of ether oxygens (including phenoxy) is 1. The molecule has 1 N–H and O–H groups in total. The highest BCUT2D eigenvalue weighted by atomic mass is 32.2. The van der Waals surface area contributed by atoms with Gasteiger partial charge in [0.25, 0.3) is 5.91 Å². The monoisotopic (exact) mass is 328 g/mol. The van der Waals surface area contributed by atoms with Crippen molar-refractivity contribution in [3.8, 4) is 5.88 Å². The number of rotatable bonds is 5. The molecule has 122 valence electrons. The molecule has 2 atom stereocenters. The van der Waals surface area contributed by atoms with Crippen molar-refractivity contribution >= 4 is 15.7 Å². The van der Waals surface area contributed by atoms with Gasteiger partial charge in [-0.2, -0.15) is 0 Å². The van der Waals surface area contributed by atoms with Gasteiger partial charge in [-0.3, -0.25) is 4.79 Å². The van der Waals surface area contributed by atoms with Crippen LogP contribution in [-0.4, -0.2) is 66.1 Å². The molecule has 1 aromatic heterocycles. The quantitative estimate of drug-likeness (QED) is 0.823. The van der Waals surface area contributed by atoms with Crippen LogP contribution in [0.4, 0.5) is 0 Å². The van der Waals surface area contributed by atoms with Gasteiger partial charge in [0.05, 0.1) is 30.3 Å². The Morgan fingerprint density at radius 2 is 2.18 bits per heavy atom. The topological polar surface area (TPSA) is 96.8 Å². The second kappa shape index (κ2) is 6.62. The van der Waals surface area contributed by atoms with Gasteiger partial charge >= 0.3 is 0 Å². The third-order valence-electron chi connectivity index (χ3n) is 3.58. The summed E-state index contributed by atoms with van der Waals surface area (Å²) in [6.45, 7) is 4.18. The maximum atomic E-state index is 12.7. The molecule has 0 aliphatic carbocycles. The molecule has 22 heavy (non-hydrogen) atoms. The van der Waals surface area contributed by atoms with Crippen LogP contribution in [0.1, 0.15) is 24.2 Å². The van der Waals surface area contributed by atoms with E-state index in [-0.39, 0.29) is 35.4 Å². The van der Waals surface area contributed by atoms with Gasteiger partial charge in [-0.25, -0.2) is 13.4 Å². The van der Waals surface area contributed by atoms with Crippen LogP contribution in [0.25, 0.3) is 0 Å². The van der Waals surface area contributed by atoms with Gasteiger partial charge in [0.1, 0.15) is 5.56 Å². The maximum absolute atomic E-state index is 12.7. The molecule has 0 bridgehead atoms. The van der Waals surface area contributed by atoms with E-state index in [2.05, 4.69) is 4.98 Å². The molecule has 1 fully saturated rings. The fraction of sp³-hybridized carbons (Fsp3) is 0.571. The molecule has 0 radical (unpaired) electrons. The Bertz CT molecular complexity index is 646. The Morgan fingerprint density at radius 1 is 1.45 bits per heavy atom. The summed E-state index contributed by atoms with van der Waals surface area (Å²) in [5.41, 5.74) is 0.266. The minimum atomic E-state index is -3.33. The summed E-state index contributed by atoms with van der Waals surface area (Å²) in [4.78, 5) is 18.1. The normalized spacial score (nSPS) is 23.2. The number of hydrogen-bond acceptors (Lipinski definition) is 6. The van der Waals surface area contributed by atoms with Gasteiger partial charge in [-0.05, 0) is 26.0 Å². The van der Waals surface area contributed by atoms with Crippen molar-refractivity contribution in [2.45, 2.75) is 26.0 Å². The molecule has 2 rings (SSSR count). The van der Waals surface area contributed by atoms with Gasteiger partial charge in [-0.1, -0.05) is 0 Å². The van der Waals surface area contributed by atoms with Crippen molar-refractivity contribution < 1.29 is 23.1 Å². The summed E-state index contributed by atoms with van der Waals surface area (Å²) in [5, 5.41) is 9.97. The molecule has 1 aromatic rings. The molecule has 1 saturated heterocycles. The first-order valence-corrected chi connectivity index (χ1v) is 8.99. The number of aromatic nitrogens is 1. The SMILES string of the molecule is CCOc1ncccc1C(=O)N(CC)[C@@H]1CS(=O)(=O)C[C@H]1O. The Morgan fingerprint density at radius 3 is 2.73 bits per heavy atom. The second-order valence-corrected chi connectivity index (χ2v) is 7.25. The molecule has 1 aliphatic rings. The number of carbonyl (C=O) groups is 1. The van der Waals surface area contributed by atoms with E-state index < -0.39 is 22.0 Å². The molecule has 7 nitrogen and oxygen atoms in total. The molecule has 0 unspecified atom stereocenters. The van der Waals surface area contributed by atoms with Crippen LogP contribution < -0.4 is 4.74 Å². The van der Waals surface area contributed by atoms with Crippen LogP contribution in [-0.2, 0) is 9.84 Å². The predicted octanol–water partition coefficient (Wildman–Crippen LogP) is 0.100. The third-order valence-corrected chi connectivity index (χ3v) is 5.28. The number of likely N-dealkylation sites (N-methyl/N-ethyl adjacent to an activating group) is 1. The van der Waals surface area contributed by atoms with Gasteiger partial charge in [-0.15, -0.1) is 0 Å². The summed E-state index contributed by atoms with van der Waals surface area (Å²) >= 11 is 0. The van der Waals surface area contributed by atoms with Crippen molar-refractivity contribution in [1.82, 2.24) is 9.88 Å². The summed E-state index contributed by atoms with van der Waals surface area (Å²) in [5.74, 6) is -0.714. The summed E-state index contributed by atoms with van der Waals surface area (Å²) in [6, 6.07) is 2.46. The predicted molar refractivity (Wildman–Crippen MR) is 80.6 cm³/mol. The molecular formula is C14H20N2O5S. The number of aliphatic hydroxyl groups is 1. The average molecular weight is 328 g/mol. The van der Waals surface area contributed by atoms with Crippen LogP contribution in [0.15, 0.2) is 18.3 Å². The van der Waals surface area contributed by atoms with Crippen molar-refractivity contribution in [1.29, 1.82) is 0 Å². The van der Waals surface area contributed by atoms with Crippen molar-refractivity contribution in [2.75, 3.05) is 24.7 Å². The minimum Gasteiger partial charge on any atom is -0.477 e. The molecule has 1 aliphatic heterocycles. The minimum absolute atomic E-state index is 0.212. The molecule has 0 spiro atoms. The van der Waals surface area contributed by atoms with Crippen LogP contribution in [0, 0.1) is 0 Å². The van der Waals surface area contributed by atoms with E-state index in [1.807, 2.05) is 0 Å². The molecule has 0 saturated carbocycles. The smallest absolute Gasteiger partial charge is 0.259 e. The number of pyridine rings is 1. The maximum Gasteiger partial charge on any atom is 0.259 e. The van der Waals surface area contributed by atoms with E-state index in [4.69, 9.17) is 4.74 Å². The highest BCUT2D eigenvalue weighted by Crippen LogP contribution is 2.23. The average Bonchev–Trinajstić information content (AvgIpc) is 2.74.